The number of carbonyl (C=O) groups excluding carboxylic acids is 1. The van der Waals surface area contributed by atoms with Crippen LogP contribution in [-0.2, 0) is 19.9 Å². The molecule has 4 heteroatoms. The first kappa shape index (κ1) is 20.3. The van der Waals surface area contributed by atoms with Crippen molar-refractivity contribution in [1.82, 2.24) is 0 Å². The summed E-state index contributed by atoms with van der Waals surface area (Å²) in [6, 6.07) is 31.9. The Morgan fingerprint density at radius 2 is 1.28 bits per heavy atom. The highest BCUT2D eigenvalue weighted by Gasteiger charge is 2.38. The fourth-order valence-corrected chi connectivity index (χ4v) is 3.46. The highest BCUT2D eigenvalue weighted by atomic mass is 16.6. The van der Waals surface area contributed by atoms with E-state index in [0.717, 1.165) is 16.7 Å². The van der Waals surface area contributed by atoms with Crippen LogP contribution >= 0.6 is 0 Å². The molecule has 146 valence electrons. The Bertz CT molecular complexity index is 853. The summed E-state index contributed by atoms with van der Waals surface area (Å²) < 4.78 is 11.9. The smallest absolute Gasteiger partial charge is 0.303 e. The summed E-state index contributed by atoms with van der Waals surface area (Å²) in [4.78, 5) is 11.5. The molecule has 29 heavy (non-hydrogen) atoms. The number of nitrogens with zero attached hydrogens (tertiary/aromatic N) is 1. The first-order chi connectivity index (χ1) is 14.2. The summed E-state index contributed by atoms with van der Waals surface area (Å²) in [5.74, 6) is -0.432. The maximum Gasteiger partial charge on any atom is 0.303 e. The van der Waals surface area contributed by atoms with Crippen molar-refractivity contribution in [3.05, 3.63) is 108 Å². The number of rotatable bonds is 8. The third-order valence-electron chi connectivity index (χ3n) is 4.68. The summed E-state index contributed by atoms with van der Waals surface area (Å²) in [6.45, 7) is 1.43. The van der Waals surface area contributed by atoms with E-state index in [1.165, 1.54) is 6.92 Å². The van der Waals surface area contributed by atoms with Crippen LogP contribution < -0.4 is 0 Å². The van der Waals surface area contributed by atoms with Crippen molar-refractivity contribution in [3.8, 4) is 6.07 Å². The predicted molar refractivity (Wildman–Crippen MR) is 111 cm³/mol. The average Bonchev–Trinajstić information content (AvgIpc) is 2.76. The van der Waals surface area contributed by atoms with Crippen LogP contribution in [0.1, 0.15) is 30.0 Å². The minimum Gasteiger partial charge on any atom is -0.459 e. The maximum atomic E-state index is 11.5. The monoisotopic (exact) mass is 385 g/mol. The molecule has 0 aliphatic rings. The van der Waals surface area contributed by atoms with E-state index in [0.29, 0.717) is 0 Å². The van der Waals surface area contributed by atoms with Crippen molar-refractivity contribution >= 4 is 5.97 Å². The molecule has 0 amide bonds. The molecule has 3 aromatic rings. The molecule has 3 rings (SSSR count). The summed E-state index contributed by atoms with van der Waals surface area (Å²) in [7, 11) is 0. The molecule has 0 heterocycles. The Morgan fingerprint density at radius 1 is 0.862 bits per heavy atom. The van der Waals surface area contributed by atoms with E-state index >= 15 is 0 Å². The van der Waals surface area contributed by atoms with Gasteiger partial charge >= 0.3 is 5.97 Å². The van der Waals surface area contributed by atoms with E-state index in [1.807, 2.05) is 91.0 Å². The lowest BCUT2D eigenvalue weighted by atomic mass is 9.80. The molecule has 0 saturated heterocycles. The van der Waals surface area contributed by atoms with Gasteiger partial charge in [0.15, 0.2) is 0 Å². The quantitative estimate of drug-likeness (QED) is 0.411. The van der Waals surface area contributed by atoms with Crippen molar-refractivity contribution < 1.29 is 14.3 Å². The van der Waals surface area contributed by atoms with Gasteiger partial charge in [-0.1, -0.05) is 91.0 Å². The Kier molecular flexibility index (Phi) is 6.78. The van der Waals surface area contributed by atoms with E-state index in [2.05, 4.69) is 6.07 Å². The third-order valence-corrected chi connectivity index (χ3v) is 4.68. The zero-order valence-electron chi connectivity index (χ0n) is 16.3. The van der Waals surface area contributed by atoms with Crippen LogP contribution in [0.25, 0.3) is 0 Å². The van der Waals surface area contributed by atoms with Gasteiger partial charge < -0.3 is 9.47 Å². The highest BCUT2D eigenvalue weighted by molar-refractivity contribution is 5.66. The van der Waals surface area contributed by atoms with Crippen LogP contribution in [-0.4, -0.2) is 18.7 Å². The molecule has 1 unspecified atom stereocenters. The molecule has 0 fully saturated rings. The van der Waals surface area contributed by atoms with Gasteiger partial charge in [-0.3, -0.25) is 4.79 Å². The SMILES string of the molecule is CC(=O)OC(CC#N)COC(c1ccccc1)(c1ccccc1)c1ccccc1. The van der Waals surface area contributed by atoms with E-state index in [1.54, 1.807) is 0 Å². The number of esters is 1. The van der Waals surface area contributed by atoms with Gasteiger partial charge in [0.2, 0.25) is 0 Å². The second kappa shape index (κ2) is 9.68. The Hall–Kier alpha value is -3.42. The molecule has 0 bridgehead atoms. The Morgan fingerprint density at radius 3 is 1.62 bits per heavy atom. The second-order valence-electron chi connectivity index (χ2n) is 6.68. The number of hydrogen-bond acceptors (Lipinski definition) is 4. The lowest BCUT2D eigenvalue weighted by Gasteiger charge is -2.36. The highest BCUT2D eigenvalue weighted by Crippen LogP contribution is 2.40. The van der Waals surface area contributed by atoms with Crippen LogP contribution in [0.4, 0.5) is 0 Å². The molecule has 4 nitrogen and oxygen atoms in total. The lowest BCUT2D eigenvalue weighted by Crippen LogP contribution is -2.36. The molecular weight excluding hydrogens is 362 g/mol. The minimum absolute atomic E-state index is 0.0635. The predicted octanol–water partition coefficient (Wildman–Crippen LogP) is 4.84. The molecule has 0 aliphatic carbocycles. The molecule has 0 radical (unpaired) electrons. The molecule has 0 N–H and O–H groups in total. The minimum atomic E-state index is -0.905. The number of ether oxygens (including phenoxy) is 2. The Labute approximate surface area is 171 Å². The van der Waals surface area contributed by atoms with E-state index in [4.69, 9.17) is 14.7 Å². The molecule has 0 spiro atoms. The van der Waals surface area contributed by atoms with E-state index in [-0.39, 0.29) is 13.0 Å². The van der Waals surface area contributed by atoms with Gasteiger partial charge in [-0.15, -0.1) is 0 Å². The van der Waals surface area contributed by atoms with Gasteiger partial charge in [0.05, 0.1) is 19.1 Å². The van der Waals surface area contributed by atoms with Crippen LogP contribution in [0.5, 0.6) is 0 Å². The van der Waals surface area contributed by atoms with Crippen LogP contribution in [0.15, 0.2) is 91.0 Å². The Balaban J connectivity index is 2.12. The van der Waals surface area contributed by atoms with Crippen molar-refractivity contribution in [2.75, 3.05) is 6.61 Å². The molecule has 3 aromatic carbocycles. The summed E-state index contributed by atoms with van der Waals surface area (Å²) >= 11 is 0. The zero-order chi connectivity index (χ0) is 20.5. The van der Waals surface area contributed by atoms with Gasteiger partial charge in [-0.25, -0.2) is 0 Å². The molecular formula is C25H23NO3. The normalized spacial score (nSPS) is 12.0. The van der Waals surface area contributed by atoms with Crippen LogP contribution in [0, 0.1) is 11.3 Å². The van der Waals surface area contributed by atoms with Crippen molar-refractivity contribution in [2.45, 2.75) is 25.0 Å². The first-order valence-electron chi connectivity index (χ1n) is 9.51. The van der Waals surface area contributed by atoms with Gasteiger partial charge in [0.1, 0.15) is 11.7 Å². The fraction of sp³-hybridized carbons (Fsp3) is 0.200. The average molecular weight is 385 g/mol. The summed E-state index contributed by atoms with van der Waals surface area (Å²) in [6.07, 6.45) is -0.582. The molecule has 0 saturated carbocycles. The molecule has 1 atom stereocenters. The number of carbonyl (C=O) groups is 1. The summed E-state index contributed by atoms with van der Waals surface area (Å²) in [5.41, 5.74) is 1.96. The van der Waals surface area contributed by atoms with Crippen molar-refractivity contribution in [1.29, 1.82) is 5.26 Å². The maximum absolute atomic E-state index is 11.5. The largest absolute Gasteiger partial charge is 0.459 e. The van der Waals surface area contributed by atoms with Gasteiger partial charge in [0, 0.05) is 6.92 Å². The molecule has 0 aromatic heterocycles. The third kappa shape index (κ3) is 4.71. The lowest BCUT2D eigenvalue weighted by molar-refractivity contribution is -0.151. The standard InChI is InChI=1S/C25H23NO3/c1-20(27)29-24(17-18-26)19-28-25(21-11-5-2-6-12-21,22-13-7-3-8-14-22)23-15-9-4-10-16-23/h2-16,24H,17,19H2,1H3. The zero-order valence-corrected chi connectivity index (χ0v) is 16.3. The van der Waals surface area contributed by atoms with Crippen LogP contribution in [0.3, 0.4) is 0 Å². The number of benzene rings is 3. The van der Waals surface area contributed by atoms with Gasteiger partial charge in [-0.05, 0) is 16.7 Å². The van der Waals surface area contributed by atoms with Crippen molar-refractivity contribution in [2.24, 2.45) is 0 Å². The van der Waals surface area contributed by atoms with E-state index in [9.17, 15) is 4.79 Å². The topological polar surface area (TPSA) is 59.3 Å². The first-order valence-corrected chi connectivity index (χ1v) is 9.51. The second-order valence-corrected chi connectivity index (χ2v) is 6.68. The van der Waals surface area contributed by atoms with Gasteiger partial charge in [0.25, 0.3) is 0 Å². The van der Waals surface area contributed by atoms with Crippen molar-refractivity contribution in [3.63, 3.8) is 0 Å². The number of hydrogen-bond donors (Lipinski definition) is 0. The molecule has 0 aliphatic heterocycles. The summed E-state index contributed by atoms with van der Waals surface area (Å²) in [5, 5.41) is 9.13. The number of nitriles is 1. The van der Waals surface area contributed by atoms with Crippen LogP contribution in [0.2, 0.25) is 0 Å². The fourth-order valence-electron chi connectivity index (χ4n) is 3.46. The van der Waals surface area contributed by atoms with E-state index < -0.39 is 17.7 Å². The van der Waals surface area contributed by atoms with Gasteiger partial charge in [-0.2, -0.15) is 5.26 Å².